The molecule has 9 N–H and O–H groups in total. The first kappa shape index (κ1) is 31.9. The molecule has 16 nitrogen and oxygen atoms in total. The van der Waals surface area contributed by atoms with E-state index in [1.165, 1.54) is 12.5 Å². The number of aldehydes is 1. The average molecular weight is 548 g/mol. The minimum atomic E-state index is -5.04. The smallest absolute Gasteiger partial charge is 0.469 e. The van der Waals surface area contributed by atoms with Gasteiger partial charge in [-0.25, -0.2) is 9.55 Å². The highest BCUT2D eigenvalue weighted by Crippen LogP contribution is 2.35. The van der Waals surface area contributed by atoms with Crippen molar-refractivity contribution in [3.05, 3.63) is 18.2 Å². The van der Waals surface area contributed by atoms with Crippen LogP contribution in [-0.4, -0.2) is 85.6 Å². The predicted molar refractivity (Wildman–Crippen MR) is 126 cm³/mol. The third kappa shape index (κ3) is 13.1. The zero-order valence-electron chi connectivity index (χ0n) is 20.3. The molecule has 0 aliphatic rings. The van der Waals surface area contributed by atoms with Crippen LogP contribution in [0.3, 0.4) is 0 Å². The number of amides is 3. The number of carboxylic acids is 1. The fourth-order valence-electron chi connectivity index (χ4n) is 3.08. The second-order valence-corrected chi connectivity index (χ2v) is 9.85. The van der Waals surface area contributed by atoms with E-state index in [9.17, 15) is 28.5 Å². The maximum Gasteiger partial charge on any atom is 0.469 e. The maximum absolute atomic E-state index is 13.1. The van der Waals surface area contributed by atoms with Gasteiger partial charge in [-0.15, -0.1) is 0 Å². The van der Waals surface area contributed by atoms with E-state index in [4.69, 9.17) is 20.6 Å². The van der Waals surface area contributed by atoms with Crippen molar-refractivity contribution in [2.75, 3.05) is 6.61 Å². The summed E-state index contributed by atoms with van der Waals surface area (Å²) in [4.78, 5) is 85.1. The highest BCUT2D eigenvalue weighted by molar-refractivity contribution is 7.46. The molecule has 0 fully saturated rings. The second kappa shape index (κ2) is 15.2. The van der Waals surface area contributed by atoms with Gasteiger partial charge in [-0.05, 0) is 18.8 Å². The fourth-order valence-corrected chi connectivity index (χ4v) is 3.42. The number of phosphoric acid groups is 1. The van der Waals surface area contributed by atoms with E-state index >= 15 is 0 Å². The number of hydrogen-bond acceptors (Lipinski definition) is 9. The lowest BCUT2D eigenvalue weighted by molar-refractivity contribution is -0.137. The Bertz CT molecular complexity index is 967. The third-order valence-electron chi connectivity index (χ3n) is 4.88. The molecule has 1 aromatic heterocycles. The number of H-pyrrole nitrogens is 1. The minimum Gasteiger partial charge on any atom is -0.481 e. The van der Waals surface area contributed by atoms with Gasteiger partial charge < -0.3 is 46.4 Å². The van der Waals surface area contributed by atoms with Gasteiger partial charge in [0.05, 0.1) is 25.0 Å². The van der Waals surface area contributed by atoms with Crippen molar-refractivity contribution in [1.29, 1.82) is 0 Å². The topological polar surface area (TPSA) is 263 Å². The van der Waals surface area contributed by atoms with Gasteiger partial charge in [0.15, 0.2) is 0 Å². The number of rotatable bonds is 17. The average Bonchev–Trinajstić information content (AvgIpc) is 3.31. The number of nitrogens with zero attached hydrogens (tertiary/aromatic N) is 1. The molecule has 0 unspecified atom stereocenters. The summed E-state index contributed by atoms with van der Waals surface area (Å²) >= 11 is 0. The number of nitrogens with two attached hydrogens (primary N) is 1. The zero-order chi connectivity index (χ0) is 28.2. The molecule has 37 heavy (non-hydrogen) atoms. The summed E-state index contributed by atoms with van der Waals surface area (Å²) in [5, 5.41) is 15.8. The molecule has 1 aromatic rings. The van der Waals surface area contributed by atoms with E-state index in [1.807, 2.05) is 13.8 Å². The number of imidazole rings is 1. The van der Waals surface area contributed by atoms with Gasteiger partial charge in [0.2, 0.25) is 17.7 Å². The Kier molecular flexibility index (Phi) is 13.1. The largest absolute Gasteiger partial charge is 0.481 e. The molecule has 3 amide bonds. The van der Waals surface area contributed by atoms with Gasteiger partial charge in [0.1, 0.15) is 18.4 Å². The number of hydrogen-bond donors (Lipinski definition) is 8. The standard InChI is InChI=1S/C20H33N6O10P/c1-11(2)5-13(8-27)24-20(32)16(9-36-37(33,34)35)26-19(31)15(6-12-7-22-10-23-12)25-18(30)14(21)3-4-17(28)29/h7-8,10-11,13-16H,3-6,9,21H2,1-2H3,(H,22,23)(H,24,32)(H,25,30)(H,26,31)(H,28,29)(H2,33,34,35)/t13-,14-,15-,16-/m0/s1. The summed E-state index contributed by atoms with van der Waals surface area (Å²) in [6.45, 7) is 2.67. The molecule has 0 aromatic carbocycles. The number of aliphatic carboxylic acids is 1. The summed E-state index contributed by atoms with van der Waals surface area (Å²) in [6.07, 6.45) is 2.71. The molecule has 0 saturated heterocycles. The van der Waals surface area contributed by atoms with Gasteiger partial charge in [-0.3, -0.25) is 23.7 Å². The third-order valence-corrected chi connectivity index (χ3v) is 5.36. The van der Waals surface area contributed by atoms with Crippen molar-refractivity contribution in [1.82, 2.24) is 25.9 Å². The molecule has 4 atom stereocenters. The summed E-state index contributed by atoms with van der Waals surface area (Å²) in [6, 6.07) is -5.20. The monoisotopic (exact) mass is 548 g/mol. The van der Waals surface area contributed by atoms with Crippen molar-refractivity contribution in [3.8, 4) is 0 Å². The van der Waals surface area contributed by atoms with Gasteiger partial charge in [-0.2, -0.15) is 0 Å². The lowest BCUT2D eigenvalue weighted by Crippen LogP contribution is -2.58. The van der Waals surface area contributed by atoms with E-state index in [-0.39, 0.29) is 31.6 Å². The Labute approximate surface area is 212 Å². The summed E-state index contributed by atoms with van der Waals surface area (Å²) in [7, 11) is -5.04. The molecule has 0 radical (unpaired) electrons. The van der Waals surface area contributed by atoms with Crippen molar-refractivity contribution in [2.24, 2.45) is 11.7 Å². The Hall–Kier alpha value is -3.17. The van der Waals surface area contributed by atoms with Crippen molar-refractivity contribution in [2.45, 2.75) is 63.7 Å². The number of carbonyl (C=O) groups excluding carboxylic acids is 4. The lowest BCUT2D eigenvalue weighted by Gasteiger charge is -2.25. The summed E-state index contributed by atoms with van der Waals surface area (Å²) < 4.78 is 15.6. The molecular formula is C20H33N6O10P. The van der Waals surface area contributed by atoms with E-state index in [0.29, 0.717) is 12.0 Å². The number of aromatic nitrogens is 2. The summed E-state index contributed by atoms with van der Waals surface area (Å²) in [5.41, 5.74) is 6.12. The quantitative estimate of drug-likeness (QED) is 0.0772. The number of phosphoric ester groups is 1. The predicted octanol–water partition coefficient (Wildman–Crippen LogP) is -2.05. The first-order valence-corrected chi connectivity index (χ1v) is 12.8. The lowest BCUT2D eigenvalue weighted by atomic mass is 10.0. The zero-order valence-corrected chi connectivity index (χ0v) is 21.2. The molecule has 0 spiro atoms. The molecular weight excluding hydrogens is 515 g/mol. The molecule has 0 aliphatic carbocycles. The van der Waals surface area contributed by atoms with E-state index in [1.54, 1.807) is 0 Å². The van der Waals surface area contributed by atoms with E-state index in [0.717, 1.165) is 0 Å². The number of nitrogens with one attached hydrogen (secondary N) is 4. The second-order valence-electron chi connectivity index (χ2n) is 8.61. The first-order chi connectivity index (χ1) is 17.2. The highest BCUT2D eigenvalue weighted by atomic mass is 31.2. The van der Waals surface area contributed by atoms with Crippen LogP contribution in [0, 0.1) is 5.92 Å². The highest BCUT2D eigenvalue weighted by Gasteiger charge is 2.31. The molecule has 17 heteroatoms. The van der Waals surface area contributed by atoms with Crippen LogP contribution in [0.1, 0.15) is 38.8 Å². The van der Waals surface area contributed by atoms with Crippen LogP contribution in [0.15, 0.2) is 12.5 Å². The van der Waals surface area contributed by atoms with Gasteiger partial charge in [-0.1, -0.05) is 13.8 Å². The van der Waals surface area contributed by atoms with Crippen LogP contribution < -0.4 is 21.7 Å². The van der Waals surface area contributed by atoms with Crippen LogP contribution >= 0.6 is 7.82 Å². The number of carboxylic acid groups (broad SMARTS) is 1. The normalized spacial score (nSPS) is 14.8. The number of carbonyl (C=O) groups is 5. The fraction of sp³-hybridized carbons (Fsp3) is 0.600. The SMILES string of the molecule is CC(C)C[C@@H](C=O)NC(=O)[C@H](COP(=O)(O)O)NC(=O)[C@H](Cc1cnc[nH]1)NC(=O)[C@@H](N)CCC(=O)O. The molecule has 208 valence electrons. The van der Waals surface area contributed by atoms with Crippen molar-refractivity contribution < 1.29 is 48.0 Å². The van der Waals surface area contributed by atoms with Gasteiger partial charge >= 0.3 is 13.8 Å². The van der Waals surface area contributed by atoms with E-state index in [2.05, 4.69) is 30.4 Å². The van der Waals surface area contributed by atoms with Crippen molar-refractivity contribution in [3.63, 3.8) is 0 Å². The Morgan fingerprint density at radius 3 is 2.27 bits per heavy atom. The Morgan fingerprint density at radius 1 is 1.14 bits per heavy atom. The van der Waals surface area contributed by atoms with Crippen LogP contribution in [0.5, 0.6) is 0 Å². The van der Waals surface area contributed by atoms with Crippen LogP contribution in [0.25, 0.3) is 0 Å². The van der Waals surface area contributed by atoms with Crippen LogP contribution in [0.2, 0.25) is 0 Å². The van der Waals surface area contributed by atoms with Crippen LogP contribution in [-0.2, 0) is 39.5 Å². The molecule has 1 rings (SSSR count). The molecule has 0 saturated carbocycles. The number of aromatic amines is 1. The van der Waals surface area contributed by atoms with Gasteiger partial charge in [0.25, 0.3) is 0 Å². The Morgan fingerprint density at radius 2 is 1.76 bits per heavy atom. The molecule has 1 heterocycles. The maximum atomic E-state index is 13.1. The van der Waals surface area contributed by atoms with Gasteiger partial charge in [0, 0.05) is 24.7 Å². The molecule has 0 aliphatic heterocycles. The van der Waals surface area contributed by atoms with Crippen LogP contribution in [0.4, 0.5) is 0 Å². The Balaban J connectivity index is 3.08. The van der Waals surface area contributed by atoms with E-state index < -0.39 is 62.3 Å². The molecule has 0 bridgehead atoms. The summed E-state index contributed by atoms with van der Waals surface area (Å²) in [5.74, 6) is -3.89. The minimum absolute atomic E-state index is 0.0224. The first-order valence-electron chi connectivity index (χ1n) is 11.2. The van der Waals surface area contributed by atoms with Crippen molar-refractivity contribution >= 4 is 37.8 Å².